The van der Waals surface area contributed by atoms with E-state index in [0.29, 0.717) is 29.1 Å². The first-order valence-electron chi connectivity index (χ1n) is 9.89. The first-order chi connectivity index (χ1) is 14.1. The lowest BCUT2D eigenvalue weighted by Crippen LogP contribution is -2.44. The van der Waals surface area contributed by atoms with Gasteiger partial charge in [0.1, 0.15) is 17.5 Å². The average Bonchev–Trinajstić information content (AvgIpc) is 2.73. The summed E-state index contributed by atoms with van der Waals surface area (Å²) in [4.78, 5) is 21.1. The average molecular weight is 393 g/mol. The van der Waals surface area contributed by atoms with E-state index >= 15 is 0 Å². The topological polar surface area (TPSA) is 92.9 Å². The van der Waals surface area contributed by atoms with Gasteiger partial charge in [0.2, 0.25) is 0 Å². The van der Waals surface area contributed by atoms with Gasteiger partial charge in [0.15, 0.2) is 0 Å². The van der Waals surface area contributed by atoms with Crippen LogP contribution in [0.15, 0.2) is 42.5 Å². The van der Waals surface area contributed by atoms with E-state index < -0.39 is 5.91 Å². The van der Waals surface area contributed by atoms with Gasteiger partial charge >= 0.3 is 0 Å². The smallest absolute Gasteiger partial charge is 0.250 e. The fraction of sp³-hybridized carbons (Fsp3) is 0.318. The second-order valence-corrected chi connectivity index (χ2v) is 7.31. The van der Waals surface area contributed by atoms with Crippen molar-refractivity contribution in [2.75, 3.05) is 18.4 Å². The van der Waals surface area contributed by atoms with Crippen molar-refractivity contribution >= 4 is 22.6 Å². The number of carbonyl (C=O) groups excluding carboxylic acids is 1. The highest BCUT2D eigenvalue weighted by atomic mass is 19.1. The Bertz CT molecular complexity index is 1050. The number of aromatic nitrogens is 2. The molecule has 1 aliphatic rings. The van der Waals surface area contributed by atoms with Gasteiger partial charge < -0.3 is 16.4 Å². The Morgan fingerprint density at radius 3 is 2.86 bits per heavy atom. The minimum absolute atomic E-state index is 0.0191. The lowest BCUT2D eigenvalue weighted by Gasteiger charge is -2.34. The lowest BCUT2D eigenvalue weighted by atomic mass is 9.86. The molecule has 6 nitrogen and oxygen atoms in total. The lowest BCUT2D eigenvalue weighted by molar-refractivity contribution is 0.100. The zero-order chi connectivity index (χ0) is 20.4. The van der Waals surface area contributed by atoms with E-state index in [0.717, 1.165) is 30.5 Å². The maximum atomic E-state index is 13.8. The predicted molar refractivity (Wildman–Crippen MR) is 111 cm³/mol. The Kier molecular flexibility index (Phi) is 5.40. The SMILES string of the molecule is CCc1nc(N[C@@H]2CNCC[C@H]2c2cccc(F)c2)c2cccc(C(N)=O)c2n1. The summed E-state index contributed by atoms with van der Waals surface area (Å²) in [7, 11) is 0. The number of hydrogen-bond acceptors (Lipinski definition) is 5. The molecule has 1 aliphatic heterocycles. The van der Waals surface area contributed by atoms with E-state index in [4.69, 9.17) is 5.73 Å². The van der Waals surface area contributed by atoms with Crippen molar-refractivity contribution < 1.29 is 9.18 Å². The molecule has 2 atom stereocenters. The van der Waals surface area contributed by atoms with E-state index in [9.17, 15) is 9.18 Å². The highest BCUT2D eigenvalue weighted by Crippen LogP contribution is 2.31. The second-order valence-electron chi connectivity index (χ2n) is 7.31. The Hall–Kier alpha value is -3.06. The van der Waals surface area contributed by atoms with Gasteiger partial charge in [-0.1, -0.05) is 25.1 Å². The molecule has 0 spiro atoms. The third kappa shape index (κ3) is 3.91. The van der Waals surface area contributed by atoms with E-state index in [2.05, 4.69) is 20.6 Å². The van der Waals surface area contributed by atoms with Crippen LogP contribution in [0, 0.1) is 5.82 Å². The zero-order valence-corrected chi connectivity index (χ0v) is 16.3. The van der Waals surface area contributed by atoms with Gasteiger partial charge in [-0.25, -0.2) is 14.4 Å². The molecule has 29 heavy (non-hydrogen) atoms. The number of halogens is 1. The maximum absolute atomic E-state index is 13.8. The standard InChI is InChI=1S/C22H24FN5O/c1-2-19-27-20-16(21(24)29)7-4-8-17(20)22(28-19)26-18-12-25-10-9-15(18)13-5-3-6-14(23)11-13/h3-8,11,15,18,25H,2,9-10,12H2,1H3,(H2,24,29)(H,26,27,28)/t15-,18+/m0/s1. The van der Waals surface area contributed by atoms with Crippen LogP contribution in [0.4, 0.5) is 10.2 Å². The van der Waals surface area contributed by atoms with Gasteiger partial charge in [-0.3, -0.25) is 4.79 Å². The van der Waals surface area contributed by atoms with E-state index in [1.165, 1.54) is 6.07 Å². The molecule has 0 aliphatic carbocycles. The molecule has 1 amide bonds. The van der Waals surface area contributed by atoms with Crippen molar-refractivity contribution in [2.45, 2.75) is 31.7 Å². The number of amides is 1. The first-order valence-corrected chi connectivity index (χ1v) is 9.89. The highest BCUT2D eigenvalue weighted by molar-refractivity contribution is 6.07. The van der Waals surface area contributed by atoms with Gasteiger partial charge in [0.05, 0.1) is 11.1 Å². The number of nitrogens with one attached hydrogen (secondary N) is 2. The molecule has 1 saturated heterocycles. The first kappa shape index (κ1) is 19.3. The van der Waals surface area contributed by atoms with Crippen molar-refractivity contribution in [3.8, 4) is 0 Å². The molecule has 1 aromatic heterocycles. The molecule has 4 N–H and O–H groups in total. The monoisotopic (exact) mass is 393 g/mol. The summed E-state index contributed by atoms with van der Waals surface area (Å²) in [5.74, 6) is 0.706. The van der Waals surface area contributed by atoms with Crippen LogP contribution in [-0.2, 0) is 6.42 Å². The number of rotatable bonds is 5. The Balaban J connectivity index is 1.75. The van der Waals surface area contributed by atoms with Gasteiger partial charge in [0, 0.05) is 30.3 Å². The molecule has 150 valence electrons. The minimum atomic E-state index is -0.515. The largest absolute Gasteiger partial charge is 0.366 e. The van der Waals surface area contributed by atoms with Crippen molar-refractivity contribution in [1.29, 1.82) is 0 Å². The van der Waals surface area contributed by atoms with Gasteiger partial charge in [-0.2, -0.15) is 0 Å². The predicted octanol–water partition coefficient (Wildman–Crippen LogP) is 2.99. The van der Waals surface area contributed by atoms with Crippen LogP contribution >= 0.6 is 0 Å². The molecule has 7 heteroatoms. The third-order valence-electron chi connectivity index (χ3n) is 5.44. The van der Waals surface area contributed by atoms with Crippen LogP contribution in [-0.4, -0.2) is 35.0 Å². The number of nitrogens with zero attached hydrogens (tertiary/aromatic N) is 2. The van der Waals surface area contributed by atoms with Crippen LogP contribution in [0.3, 0.4) is 0 Å². The highest BCUT2D eigenvalue weighted by Gasteiger charge is 2.28. The number of hydrogen-bond donors (Lipinski definition) is 3. The van der Waals surface area contributed by atoms with E-state index in [-0.39, 0.29) is 17.8 Å². The molecule has 2 aromatic carbocycles. The quantitative estimate of drug-likeness (QED) is 0.620. The molecule has 0 saturated carbocycles. The summed E-state index contributed by atoms with van der Waals surface area (Å²) in [6, 6.07) is 12.1. The van der Waals surface area contributed by atoms with Crippen LogP contribution in [0.5, 0.6) is 0 Å². The molecule has 2 heterocycles. The number of carbonyl (C=O) groups is 1. The van der Waals surface area contributed by atoms with Gasteiger partial charge in [-0.05, 0) is 42.8 Å². The van der Waals surface area contributed by atoms with Crippen LogP contribution in [0.25, 0.3) is 10.9 Å². The Labute approximate surface area is 168 Å². The van der Waals surface area contributed by atoms with Gasteiger partial charge in [-0.15, -0.1) is 0 Å². The number of anilines is 1. The third-order valence-corrected chi connectivity index (χ3v) is 5.44. The molecular weight excluding hydrogens is 369 g/mol. The maximum Gasteiger partial charge on any atom is 0.250 e. The zero-order valence-electron chi connectivity index (χ0n) is 16.3. The molecular formula is C22H24FN5O. The molecule has 3 aromatic rings. The Morgan fingerprint density at radius 2 is 2.10 bits per heavy atom. The number of benzene rings is 2. The van der Waals surface area contributed by atoms with E-state index in [1.54, 1.807) is 24.3 Å². The summed E-state index contributed by atoms with van der Waals surface area (Å²) in [6.45, 7) is 3.56. The second kappa shape index (κ2) is 8.13. The minimum Gasteiger partial charge on any atom is -0.366 e. The van der Waals surface area contributed by atoms with E-state index in [1.807, 2.05) is 19.1 Å². The van der Waals surface area contributed by atoms with Crippen LogP contribution in [0.1, 0.15) is 41.0 Å². The number of primary amides is 1. The number of fused-ring (bicyclic) bond motifs is 1. The summed E-state index contributed by atoms with van der Waals surface area (Å²) in [6.07, 6.45) is 1.52. The summed E-state index contributed by atoms with van der Waals surface area (Å²) in [5, 5.41) is 7.70. The fourth-order valence-electron chi connectivity index (χ4n) is 3.99. The molecule has 0 bridgehead atoms. The number of aryl methyl sites for hydroxylation is 1. The summed E-state index contributed by atoms with van der Waals surface area (Å²) >= 11 is 0. The van der Waals surface area contributed by atoms with Crippen molar-refractivity contribution in [1.82, 2.24) is 15.3 Å². The van der Waals surface area contributed by atoms with Crippen LogP contribution < -0.4 is 16.4 Å². The molecule has 0 unspecified atom stereocenters. The number of para-hydroxylation sites is 1. The van der Waals surface area contributed by atoms with Gasteiger partial charge in [0.25, 0.3) is 5.91 Å². The van der Waals surface area contributed by atoms with Crippen molar-refractivity contribution in [3.05, 3.63) is 65.2 Å². The normalized spacial score (nSPS) is 19.2. The molecule has 1 fully saturated rings. The number of piperidine rings is 1. The van der Waals surface area contributed by atoms with Crippen LogP contribution in [0.2, 0.25) is 0 Å². The summed E-state index contributed by atoms with van der Waals surface area (Å²) < 4.78 is 13.8. The number of nitrogens with two attached hydrogens (primary N) is 1. The van der Waals surface area contributed by atoms with Crippen molar-refractivity contribution in [3.63, 3.8) is 0 Å². The molecule has 0 radical (unpaired) electrons. The fourth-order valence-corrected chi connectivity index (χ4v) is 3.99. The molecule has 4 rings (SSSR count). The summed E-state index contributed by atoms with van der Waals surface area (Å²) in [5.41, 5.74) is 7.46. The van der Waals surface area contributed by atoms with Crippen molar-refractivity contribution in [2.24, 2.45) is 5.73 Å². The Morgan fingerprint density at radius 1 is 1.28 bits per heavy atom.